The first-order valence-corrected chi connectivity index (χ1v) is 14.7. The summed E-state index contributed by atoms with van der Waals surface area (Å²) in [4.78, 5) is 14.0. The monoisotopic (exact) mass is 548 g/mol. The first-order chi connectivity index (χ1) is 16.8. The summed E-state index contributed by atoms with van der Waals surface area (Å²) in [6.45, 7) is 0.580. The van der Waals surface area contributed by atoms with Crippen LogP contribution in [0, 0.1) is 5.92 Å². The lowest BCUT2D eigenvalue weighted by atomic mass is 9.97. The number of anilines is 1. The number of hydrogen-bond donors (Lipinski definition) is 1. The fourth-order valence-corrected chi connectivity index (χ4v) is 7.14. The minimum Gasteiger partial charge on any atom is -0.326 e. The van der Waals surface area contributed by atoms with Gasteiger partial charge in [-0.15, -0.1) is 11.8 Å². The molecule has 1 amide bonds. The molecule has 3 aromatic rings. The van der Waals surface area contributed by atoms with E-state index in [0.29, 0.717) is 28.5 Å². The van der Waals surface area contributed by atoms with Gasteiger partial charge < -0.3 is 5.32 Å². The largest absolute Gasteiger partial charge is 0.326 e. The van der Waals surface area contributed by atoms with E-state index < -0.39 is 10.0 Å². The molecule has 1 aliphatic heterocycles. The second-order valence-corrected chi connectivity index (χ2v) is 12.2. The van der Waals surface area contributed by atoms with Crippen LogP contribution in [-0.4, -0.2) is 31.7 Å². The second kappa shape index (κ2) is 11.8. The number of nitrogens with zero attached hydrogens (tertiary/aromatic N) is 1. The quantitative estimate of drug-likeness (QED) is 0.327. The van der Waals surface area contributed by atoms with Gasteiger partial charge in [0.25, 0.3) is 0 Å². The average molecular weight is 550 g/mol. The zero-order valence-corrected chi connectivity index (χ0v) is 22.1. The van der Waals surface area contributed by atoms with E-state index in [1.165, 1.54) is 14.8 Å². The Labute approximate surface area is 220 Å². The van der Waals surface area contributed by atoms with Crippen molar-refractivity contribution < 1.29 is 13.2 Å². The van der Waals surface area contributed by atoms with E-state index in [2.05, 4.69) is 17.4 Å². The molecule has 0 bridgehead atoms. The van der Waals surface area contributed by atoms with Crippen LogP contribution in [0.25, 0.3) is 0 Å². The fraction of sp³-hybridized carbons (Fsp3) is 0.269. The number of hydrogen-bond acceptors (Lipinski definition) is 4. The fourth-order valence-electron chi connectivity index (χ4n) is 3.95. The van der Waals surface area contributed by atoms with Gasteiger partial charge in [0.15, 0.2) is 0 Å². The predicted molar refractivity (Wildman–Crippen MR) is 144 cm³/mol. The molecule has 4 rings (SSSR count). The molecule has 1 N–H and O–H groups in total. The van der Waals surface area contributed by atoms with Crippen molar-refractivity contribution in [3.05, 3.63) is 94.0 Å². The lowest BCUT2D eigenvalue weighted by Gasteiger charge is -2.30. The highest BCUT2D eigenvalue weighted by atomic mass is 35.5. The van der Waals surface area contributed by atoms with Crippen molar-refractivity contribution in [2.24, 2.45) is 5.92 Å². The van der Waals surface area contributed by atoms with Crippen LogP contribution in [0.4, 0.5) is 5.69 Å². The van der Waals surface area contributed by atoms with Gasteiger partial charge in [-0.25, -0.2) is 12.7 Å². The van der Waals surface area contributed by atoms with Gasteiger partial charge in [-0.05, 0) is 54.8 Å². The summed E-state index contributed by atoms with van der Waals surface area (Å²) in [6.07, 6.45) is 0.931. The Hall–Kier alpha value is -2.03. The van der Waals surface area contributed by atoms with E-state index in [4.69, 9.17) is 23.2 Å². The molecule has 0 atom stereocenters. The van der Waals surface area contributed by atoms with E-state index in [1.54, 1.807) is 30.0 Å². The molecule has 1 saturated heterocycles. The van der Waals surface area contributed by atoms with E-state index >= 15 is 0 Å². The minimum absolute atomic E-state index is 0.0809. The smallest absolute Gasteiger partial charge is 0.227 e. The number of amides is 1. The Morgan fingerprint density at radius 2 is 1.54 bits per heavy atom. The van der Waals surface area contributed by atoms with Crippen molar-refractivity contribution in [3.8, 4) is 0 Å². The number of thioether (sulfide) groups is 1. The van der Waals surface area contributed by atoms with Crippen LogP contribution in [-0.2, 0) is 26.3 Å². The lowest BCUT2D eigenvalue weighted by Crippen LogP contribution is -2.41. The highest BCUT2D eigenvalue weighted by Crippen LogP contribution is 2.29. The molecule has 35 heavy (non-hydrogen) atoms. The molecule has 1 fully saturated rings. The van der Waals surface area contributed by atoms with Crippen LogP contribution in [0.3, 0.4) is 0 Å². The maximum atomic E-state index is 12.9. The van der Waals surface area contributed by atoms with E-state index in [-0.39, 0.29) is 30.7 Å². The molecule has 184 valence electrons. The van der Waals surface area contributed by atoms with Gasteiger partial charge in [0.05, 0.1) is 5.75 Å². The summed E-state index contributed by atoms with van der Waals surface area (Å²) in [5.74, 6) is 0.281. The number of piperidine rings is 1. The van der Waals surface area contributed by atoms with Crippen LogP contribution in [0.2, 0.25) is 10.0 Å². The maximum absolute atomic E-state index is 12.9. The van der Waals surface area contributed by atoms with Gasteiger partial charge in [-0.3, -0.25) is 4.79 Å². The van der Waals surface area contributed by atoms with Crippen LogP contribution in [0.1, 0.15) is 24.0 Å². The zero-order valence-electron chi connectivity index (χ0n) is 19.0. The number of rotatable bonds is 8. The third-order valence-corrected chi connectivity index (χ3v) is 9.57. The first kappa shape index (κ1) is 26.0. The second-order valence-electron chi connectivity index (χ2n) is 8.42. The number of carbonyl (C=O) groups is 1. The molecule has 0 spiro atoms. The van der Waals surface area contributed by atoms with Crippen molar-refractivity contribution in [2.45, 2.75) is 29.2 Å². The minimum atomic E-state index is -3.59. The summed E-state index contributed by atoms with van der Waals surface area (Å²) in [7, 11) is -3.59. The van der Waals surface area contributed by atoms with Crippen LogP contribution >= 0.6 is 35.0 Å². The number of sulfonamides is 1. The first-order valence-electron chi connectivity index (χ1n) is 11.3. The summed E-state index contributed by atoms with van der Waals surface area (Å²) >= 11 is 14.1. The van der Waals surface area contributed by atoms with Crippen LogP contribution in [0.5, 0.6) is 0 Å². The molecule has 0 radical (unpaired) electrons. The maximum Gasteiger partial charge on any atom is 0.227 e. The van der Waals surface area contributed by atoms with Crippen molar-refractivity contribution in [2.75, 3.05) is 18.4 Å². The summed E-state index contributed by atoms with van der Waals surface area (Å²) < 4.78 is 27.2. The number of carbonyl (C=O) groups excluding carboxylic acids is 1. The molecule has 5 nitrogen and oxygen atoms in total. The average Bonchev–Trinajstić information content (AvgIpc) is 2.87. The Bertz CT molecular complexity index is 1240. The molecule has 3 aromatic carbocycles. The number of halogens is 2. The van der Waals surface area contributed by atoms with Gasteiger partial charge >= 0.3 is 0 Å². The molecule has 0 aliphatic carbocycles. The topological polar surface area (TPSA) is 66.5 Å². The molecule has 1 heterocycles. The van der Waals surface area contributed by atoms with E-state index in [9.17, 15) is 13.2 Å². The number of nitrogens with one attached hydrogen (secondary N) is 1. The molecule has 0 unspecified atom stereocenters. The van der Waals surface area contributed by atoms with E-state index in [0.717, 1.165) is 11.4 Å². The summed E-state index contributed by atoms with van der Waals surface area (Å²) in [5, 5.41) is 3.64. The molecule has 1 aliphatic rings. The van der Waals surface area contributed by atoms with Gasteiger partial charge in [0.1, 0.15) is 0 Å². The van der Waals surface area contributed by atoms with Gasteiger partial charge in [-0.1, -0.05) is 59.6 Å². The molecular formula is C26H26Cl2N2O3S2. The normalized spacial score (nSPS) is 15.1. The lowest BCUT2D eigenvalue weighted by molar-refractivity contribution is -0.120. The third-order valence-electron chi connectivity index (χ3n) is 5.98. The summed E-state index contributed by atoms with van der Waals surface area (Å²) in [5.41, 5.74) is 2.32. The molecule has 0 saturated carbocycles. The van der Waals surface area contributed by atoms with Crippen LogP contribution in [0.15, 0.2) is 77.7 Å². The Kier molecular flexibility index (Phi) is 8.78. The van der Waals surface area contributed by atoms with E-state index in [1.807, 2.05) is 42.5 Å². The Morgan fingerprint density at radius 3 is 2.17 bits per heavy atom. The molecular weight excluding hydrogens is 523 g/mol. The zero-order chi connectivity index (χ0) is 24.8. The highest BCUT2D eigenvalue weighted by molar-refractivity contribution is 7.98. The van der Waals surface area contributed by atoms with Gasteiger partial charge in [0.2, 0.25) is 15.9 Å². The third kappa shape index (κ3) is 7.02. The van der Waals surface area contributed by atoms with Crippen LogP contribution < -0.4 is 5.32 Å². The van der Waals surface area contributed by atoms with Crippen molar-refractivity contribution in [1.82, 2.24) is 4.31 Å². The Morgan fingerprint density at radius 1 is 0.914 bits per heavy atom. The van der Waals surface area contributed by atoms with Gasteiger partial charge in [0, 0.05) is 51.0 Å². The van der Waals surface area contributed by atoms with Crippen molar-refractivity contribution in [1.29, 1.82) is 0 Å². The Balaban J connectivity index is 1.27. The molecule has 9 heteroatoms. The number of benzene rings is 3. The SMILES string of the molecule is O=C(Nc1ccc(CSc2ccccc2)cc1)C1CCN(S(=O)(=O)Cc2c(Cl)cccc2Cl)CC1. The van der Waals surface area contributed by atoms with Gasteiger partial charge in [-0.2, -0.15) is 0 Å². The summed E-state index contributed by atoms with van der Waals surface area (Å²) in [6, 6.07) is 23.0. The van der Waals surface area contributed by atoms with Crippen molar-refractivity contribution >= 4 is 56.6 Å². The van der Waals surface area contributed by atoms with Crippen molar-refractivity contribution in [3.63, 3.8) is 0 Å². The molecule has 0 aromatic heterocycles. The predicted octanol–water partition coefficient (Wildman–Crippen LogP) is 6.47. The standard InChI is InChI=1S/C26H26Cl2N2O3S2/c27-24-7-4-8-25(28)23(24)18-35(32,33)30-15-13-20(14-16-30)26(31)29-21-11-9-19(10-12-21)17-34-22-5-2-1-3-6-22/h1-12,20H,13-18H2,(H,29,31). The highest BCUT2D eigenvalue weighted by Gasteiger charge is 2.32.